The molecule has 3 fully saturated rings. The van der Waals surface area contributed by atoms with Gasteiger partial charge in [0, 0.05) is 37.8 Å². The SMILES string of the molecule is Nc1nc2cc(-c3ccc4ncc(N5CC(N6CC7CCC(C6)O7)C5)cc4n3)ccc2o1. The van der Waals surface area contributed by atoms with Crippen LogP contribution < -0.4 is 10.6 Å². The van der Waals surface area contributed by atoms with Crippen molar-refractivity contribution in [2.75, 3.05) is 36.8 Å². The van der Waals surface area contributed by atoms with Gasteiger partial charge in [0.15, 0.2) is 5.58 Å². The molecule has 0 aliphatic carbocycles. The van der Waals surface area contributed by atoms with E-state index < -0.39 is 0 Å². The second-order valence-corrected chi connectivity index (χ2v) is 9.13. The van der Waals surface area contributed by atoms with E-state index in [2.05, 4.69) is 25.8 Å². The van der Waals surface area contributed by atoms with Crippen molar-refractivity contribution in [1.29, 1.82) is 0 Å². The molecule has 3 aliphatic rings. The van der Waals surface area contributed by atoms with Crippen LogP contribution in [0.1, 0.15) is 12.8 Å². The number of ether oxygens (including phenoxy) is 1. The van der Waals surface area contributed by atoms with Crippen molar-refractivity contribution in [3.63, 3.8) is 0 Å². The van der Waals surface area contributed by atoms with E-state index in [-0.39, 0.29) is 6.01 Å². The molecule has 2 bridgehead atoms. The van der Waals surface area contributed by atoms with Crippen molar-refractivity contribution in [1.82, 2.24) is 19.9 Å². The van der Waals surface area contributed by atoms with Gasteiger partial charge in [-0.05, 0) is 49.2 Å². The number of anilines is 2. The van der Waals surface area contributed by atoms with Gasteiger partial charge in [0.05, 0.1) is 40.8 Å². The summed E-state index contributed by atoms with van der Waals surface area (Å²) >= 11 is 0. The van der Waals surface area contributed by atoms with Gasteiger partial charge in [-0.25, -0.2) is 4.98 Å². The molecule has 8 nitrogen and oxygen atoms in total. The zero-order valence-electron chi connectivity index (χ0n) is 17.6. The highest BCUT2D eigenvalue weighted by Gasteiger charge is 2.40. The van der Waals surface area contributed by atoms with Gasteiger partial charge < -0.3 is 19.8 Å². The predicted molar refractivity (Wildman–Crippen MR) is 122 cm³/mol. The lowest BCUT2D eigenvalue weighted by Gasteiger charge is -2.48. The Hall–Kier alpha value is -3.23. The fraction of sp³-hybridized carbons (Fsp3) is 0.375. The van der Waals surface area contributed by atoms with Crippen LogP contribution in [0, 0.1) is 0 Å². The normalized spacial score (nSPS) is 23.8. The van der Waals surface area contributed by atoms with Gasteiger partial charge in [-0.2, -0.15) is 4.98 Å². The van der Waals surface area contributed by atoms with Crippen LogP contribution in [0.25, 0.3) is 33.4 Å². The number of pyridine rings is 2. The summed E-state index contributed by atoms with van der Waals surface area (Å²) in [5, 5.41) is 0. The van der Waals surface area contributed by atoms with E-state index in [0.717, 1.165) is 59.7 Å². The Morgan fingerprint density at radius 3 is 2.56 bits per heavy atom. The van der Waals surface area contributed by atoms with Crippen LogP contribution in [-0.4, -0.2) is 64.3 Å². The van der Waals surface area contributed by atoms with E-state index in [1.54, 1.807) is 0 Å². The van der Waals surface area contributed by atoms with Crippen molar-refractivity contribution < 1.29 is 9.15 Å². The average Bonchev–Trinajstić information content (AvgIpc) is 3.31. The summed E-state index contributed by atoms with van der Waals surface area (Å²) in [5.74, 6) is 0. The highest BCUT2D eigenvalue weighted by molar-refractivity contribution is 5.84. The maximum absolute atomic E-state index is 5.99. The molecule has 6 heterocycles. The quantitative estimate of drug-likeness (QED) is 0.532. The minimum Gasteiger partial charge on any atom is -0.424 e. The Bertz CT molecular complexity index is 1320. The summed E-state index contributed by atoms with van der Waals surface area (Å²) in [6.07, 6.45) is 5.29. The Labute approximate surface area is 185 Å². The van der Waals surface area contributed by atoms with E-state index in [4.69, 9.17) is 19.9 Å². The van der Waals surface area contributed by atoms with Crippen molar-refractivity contribution in [2.24, 2.45) is 0 Å². The number of hydrogen-bond acceptors (Lipinski definition) is 8. The van der Waals surface area contributed by atoms with Crippen molar-refractivity contribution >= 4 is 33.8 Å². The molecule has 8 heteroatoms. The second kappa shape index (κ2) is 6.88. The number of aromatic nitrogens is 3. The summed E-state index contributed by atoms with van der Waals surface area (Å²) in [5.41, 5.74) is 11.9. The number of oxazole rings is 1. The number of morpholine rings is 1. The third-order valence-corrected chi connectivity index (χ3v) is 7.04. The molecular formula is C24H24N6O2. The standard InChI is InChI=1S/C24H24N6O2/c25-24-28-22-7-14(1-6-23(22)32-24)19-4-5-20-21(27-19)8-15(9-26-20)29-10-16(11-29)30-12-17-2-3-18(13-30)31-17/h1,4-9,16-18H,2-3,10-13H2,(H2,25,28). The number of rotatable bonds is 3. The van der Waals surface area contributed by atoms with Gasteiger partial charge >= 0.3 is 0 Å². The molecule has 1 aromatic carbocycles. The number of nitrogens with zero attached hydrogens (tertiary/aromatic N) is 5. The lowest BCUT2D eigenvalue weighted by atomic mass is 10.0. The van der Waals surface area contributed by atoms with Crippen molar-refractivity contribution in [2.45, 2.75) is 31.1 Å². The van der Waals surface area contributed by atoms with Crippen LogP contribution in [0.5, 0.6) is 0 Å². The third kappa shape index (κ3) is 3.02. The largest absolute Gasteiger partial charge is 0.424 e. The van der Waals surface area contributed by atoms with Crippen LogP contribution >= 0.6 is 0 Å². The number of benzene rings is 1. The molecule has 2 atom stereocenters. The summed E-state index contributed by atoms with van der Waals surface area (Å²) in [7, 11) is 0. The predicted octanol–water partition coefficient (Wildman–Crippen LogP) is 3.07. The maximum Gasteiger partial charge on any atom is 0.292 e. The molecule has 2 unspecified atom stereocenters. The number of nitrogen functional groups attached to an aromatic ring is 1. The van der Waals surface area contributed by atoms with E-state index >= 15 is 0 Å². The zero-order valence-corrected chi connectivity index (χ0v) is 17.6. The van der Waals surface area contributed by atoms with Gasteiger partial charge in [-0.3, -0.25) is 9.88 Å². The third-order valence-electron chi connectivity index (χ3n) is 7.04. The molecule has 3 aromatic heterocycles. The minimum atomic E-state index is 0.176. The number of hydrogen-bond donors (Lipinski definition) is 1. The number of fused-ring (bicyclic) bond motifs is 4. The first kappa shape index (κ1) is 18.4. The monoisotopic (exact) mass is 428 g/mol. The first-order valence-electron chi connectivity index (χ1n) is 11.3. The zero-order chi connectivity index (χ0) is 21.2. The van der Waals surface area contributed by atoms with Gasteiger partial charge in [0.25, 0.3) is 6.01 Å². The smallest absolute Gasteiger partial charge is 0.292 e. The lowest BCUT2D eigenvalue weighted by molar-refractivity contribution is -0.0562. The molecule has 4 aromatic rings. The van der Waals surface area contributed by atoms with Crippen molar-refractivity contribution in [3.05, 3.63) is 42.6 Å². The molecule has 3 saturated heterocycles. The molecule has 162 valence electrons. The molecule has 3 aliphatic heterocycles. The van der Waals surface area contributed by atoms with Crippen LogP contribution in [0.4, 0.5) is 11.7 Å². The van der Waals surface area contributed by atoms with E-state index in [0.29, 0.717) is 23.8 Å². The Balaban J connectivity index is 1.13. The Morgan fingerprint density at radius 2 is 1.72 bits per heavy atom. The maximum atomic E-state index is 5.99. The summed E-state index contributed by atoms with van der Waals surface area (Å²) in [4.78, 5) is 18.8. The summed E-state index contributed by atoms with van der Waals surface area (Å²) < 4.78 is 11.4. The minimum absolute atomic E-state index is 0.176. The van der Waals surface area contributed by atoms with E-state index in [1.807, 2.05) is 36.5 Å². The molecule has 0 amide bonds. The highest BCUT2D eigenvalue weighted by atomic mass is 16.5. The Morgan fingerprint density at radius 1 is 0.875 bits per heavy atom. The number of nitrogens with two attached hydrogens (primary N) is 1. The second-order valence-electron chi connectivity index (χ2n) is 9.13. The number of likely N-dealkylation sites (tertiary alicyclic amines) is 1. The molecule has 0 saturated carbocycles. The fourth-order valence-electron chi connectivity index (χ4n) is 5.28. The van der Waals surface area contributed by atoms with Gasteiger partial charge in [-0.1, -0.05) is 0 Å². The van der Waals surface area contributed by atoms with Gasteiger partial charge in [-0.15, -0.1) is 0 Å². The average molecular weight is 428 g/mol. The van der Waals surface area contributed by atoms with Crippen LogP contribution in [-0.2, 0) is 4.74 Å². The molecule has 0 spiro atoms. The molecule has 32 heavy (non-hydrogen) atoms. The van der Waals surface area contributed by atoms with Crippen molar-refractivity contribution in [3.8, 4) is 11.3 Å². The van der Waals surface area contributed by atoms with Crippen LogP contribution in [0.3, 0.4) is 0 Å². The highest BCUT2D eigenvalue weighted by Crippen LogP contribution is 2.32. The van der Waals surface area contributed by atoms with Gasteiger partial charge in [0.2, 0.25) is 0 Å². The molecule has 7 rings (SSSR count). The van der Waals surface area contributed by atoms with Gasteiger partial charge in [0.1, 0.15) is 5.52 Å². The summed E-state index contributed by atoms with van der Waals surface area (Å²) in [6.45, 7) is 4.24. The lowest BCUT2D eigenvalue weighted by Crippen LogP contribution is -2.62. The molecule has 0 radical (unpaired) electrons. The fourth-order valence-corrected chi connectivity index (χ4v) is 5.28. The van der Waals surface area contributed by atoms with E-state index in [1.165, 1.54) is 12.8 Å². The molecule has 2 N–H and O–H groups in total. The first-order valence-corrected chi connectivity index (χ1v) is 11.3. The van der Waals surface area contributed by atoms with E-state index in [9.17, 15) is 0 Å². The van der Waals surface area contributed by atoms with Crippen LogP contribution in [0.15, 0.2) is 47.0 Å². The first-order chi connectivity index (χ1) is 15.7. The topological polar surface area (TPSA) is 93.5 Å². The van der Waals surface area contributed by atoms with Crippen LogP contribution in [0.2, 0.25) is 0 Å². The Kier molecular flexibility index (Phi) is 3.95. The summed E-state index contributed by atoms with van der Waals surface area (Å²) in [6, 6.07) is 12.8. The molecular weight excluding hydrogens is 404 g/mol.